The third-order valence-electron chi connectivity index (χ3n) is 3.54. The van der Waals surface area contributed by atoms with Crippen molar-refractivity contribution < 1.29 is 14.2 Å². The van der Waals surface area contributed by atoms with Crippen molar-refractivity contribution in [2.75, 3.05) is 26.2 Å². The monoisotopic (exact) mass is 301 g/mol. The van der Waals surface area contributed by atoms with Crippen LogP contribution in [-0.2, 0) is 0 Å². The zero-order chi connectivity index (χ0) is 14.5. The van der Waals surface area contributed by atoms with E-state index in [1.54, 1.807) is 0 Å². The van der Waals surface area contributed by atoms with Gasteiger partial charge in [0, 0.05) is 13.1 Å². The number of aliphatic hydroxyl groups excluding tert-OH is 1. The number of hydrogen-bond donors (Lipinski definition) is 1. The molecule has 0 aromatic heterocycles. The van der Waals surface area contributed by atoms with Gasteiger partial charge in [-0.1, -0.05) is 18.5 Å². The maximum atomic E-state index is 12.9. The quantitative estimate of drug-likeness (QED) is 0.907. The Morgan fingerprint density at radius 3 is 3.05 bits per heavy atom. The standard InChI is InChI=1S/C15H21ClFNO2/c1-11-3-2-6-18(8-11)9-13(19)10-20-15-5-4-12(17)7-14(15)16/h4-5,7,11,13,19H,2-3,6,8-10H2,1H3/t11-,13-/m0/s1. The molecule has 0 bridgehead atoms. The number of nitrogens with zero attached hydrogens (tertiary/aromatic N) is 1. The van der Waals surface area contributed by atoms with E-state index in [1.807, 2.05) is 0 Å². The van der Waals surface area contributed by atoms with Crippen LogP contribution in [0.4, 0.5) is 4.39 Å². The molecule has 0 saturated carbocycles. The lowest BCUT2D eigenvalue weighted by atomic mass is 10.0. The highest BCUT2D eigenvalue weighted by molar-refractivity contribution is 6.32. The number of rotatable bonds is 5. The molecule has 1 aliphatic heterocycles. The fourth-order valence-electron chi connectivity index (χ4n) is 2.58. The Hall–Kier alpha value is -0.840. The van der Waals surface area contributed by atoms with Crippen molar-refractivity contribution in [3.8, 4) is 5.75 Å². The van der Waals surface area contributed by atoms with E-state index in [-0.39, 0.29) is 11.6 Å². The predicted octanol–water partition coefficient (Wildman–Crippen LogP) is 2.95. The normalized spacial score (nSPS) is 21.7. The van der Waals surface area contributed by atoms with Crippen molar-refractivity contribution in [3.05, 3.63) is 29.0 Å². The fourth-order valence-corrected chi connectivity index (χ4v) is 2.80. The Balaban J connectivity index is 1.78. The Bertz CT molecular complexity index is 444. The maximum absolute atomic E-state index is 12.9. The topological polar surface area (TPSA) is 32.7 Å². The van der Waals surface area contributed by atoms with Gasteiger partial charge < -0.3 is 14.7 Å². The molecule has 1 aromatic rings. The Labute approximate surface area is 124 Å². The van der Waals surface area contributed by atoms with Gasteiger partial charge in [0.1, 0.15) is 24.3 Å². The smallest absolute Gasteiger partial charge is 0.138 e. The molecule has 1 fully saturated rings. The van der Waals surface area contributed by atoms with Crippen molar-refractivity contribution >= 4 is 11.6 Å². The summed E-state index contributed by atoms with van der Waals surface area (Å²) in [4.78, 5) is 2.26. The highest BCUT2D eigenvalue weighted by atomic mass is 35.5. The van der Waals surface area contributed by atoms with Crippen molar-refractivity contribution in [2.24, 2.45) is 5.92 Å². The molecule has 2 atom stereocenters. The van der Waals surface area contributed by atoms with E-state index in [0.29, 0.717) is 18.2 Å². The number of benzene rings is 1. The van der Waals surface area contributed by atoms with Crippen LogP contribution in [0.2, 0.25) is 5.02 Å². The molecule has 1 N–H and O–H groups in total. The van der Waals surface area contributed by atoms with Crippen LogP contribution in [0.15, 0.2) is 18.2 Å². The summed E-state index contributed by atoms with van der Waals surface area (Å²) in [5, 5.41) is 10.2. The third kappa shape index (κ3) is 4.62. The molecule has 0 aliphatic carbocycles. The van der Waals surface area contributed by atoms with Gasteiger partial charge in [0.25, 0.3) is 0 Å². The predicted molar refractivity (Wildman–Crippen MR) is 77.7 cm³/mol. The van der Waals surface area contributed by atoms with Gasteiger partial charge in [-0.15, -0.1) is 0 Å². The summed E-state index contributed by atoms with van der Waals surface area (Å²) < 4.78 is 18.3. The maximum Gasteiger partial charge on any atom is 0.138 e. The van der Waals surface area contributed by atoms with Crippen molar-refractivity contribution in [1.82, 2.24) is 4.90 Å². The lowest BCUT2D eigenvalue weighted by molar-refractivity contribution is 0.0537. The number of likely N-dealkylation sites (tertiary alicyclic amines) is 1. The summed E-state index contributed by atoms with van der Waals surface area (Å²) in [5.41, 5.74) is 0. The largest absolute Gasteiger partial charge is 0.489 e. The van der Waals surface area contributed by atoms with E-state index in [0.717, 1.165) is 13.1 Å². The zero-order valence-electron chi connectivity index (χ0n) is 11.7. The van der Waals surface area contributed by atoms with Crippen LogP contribution in [0.5, 0.6) is 5.75 Å². The lowest BCUT2D eigenvalue weighted by Crippen LogP contribution is -2.41. The average molecular weight is 302 g/mol. The van der Waals surface area contributed by atoms with Gasteiger partial charge in [0.05, 0.1) is 5.02 Å². The van der Waals surface area contributed by atoms with Crippen LogP contribution in [0.25, 0.3) is 0 Å². The van der Waals surface area contributed by atoms with E-state index in [1.165, 1.54) is 31.0 Å². The van der Waals surface area contributed by atoms with Crippen LogP contribution in [0.3, 0.4) is 0 Å². The molecular formula is C15H21ClFNO2. The van der Waals surface area contributed by atoms with Gasteiger partial charge in [0.2, 0.25) is 0 Å². The van der Waals surface area contributed by atoms with Gasteiger partial charge in [-0.25, -0.2) is 4.39 Å². The molecule has 20 heavy (non-hydrogen) atoms. The minimum absolute atomic E-state index is 0.163. The Morgan fingerprint density at radius 2 is 2.35 bits per heavy atom. The van der Waals surface area contributed by atoms with E-state index in [4.69, 9.17) is 16.3 Å². The summed E-state index contributed by atoms with van der Waals surface area (Å²) in [6.07, 6.45) is 1.87. The molecule has 0 radical (unpaired) electrons. The molecule has 5 heteroatoms. The van der Waals surface area contributed by atoms with Crippen molar-refractivity contribution in [2.45, 2.75) is 25.9 Å². The molecule has 3 nitrogen and oxygen atoms in total. The van der Waals surface area contributed by atoms with Crippen LogP contribution in [0.1, 0.15) is 19.8 Å². The molecule has 0 unspecified atom stereocenters. The molecule has 0 spiro atoms. The molecule has 1 heterocycles. The van der Waals surface area contributed by atoms with Gasteiger partial charge in [-0.2, -0.15) is 0 Å². The number of ether oxygens (including phenoxy) is 1. The summed E-state index contributed by atoms with van der Waals surface area (Å²) in [6.45, 7) is 5.04. The highest BCUT2D eigenvalue weighted by Crippen LogP contribution is 2.25. The number of piperidine rings is 1. The van der Waals surface area contributed by atoms with Crippen molar-refractivity contribution in [3.63, 3.8) is 0 Å². The van der Waals surface area contributed by atoms with Gasteiger partial charge in [0.15, 0.2) is 0 Å². The second-order valence-electron chi connectivity index (χ2n) is 5.55. The highest BCUT2D eigenvalue weighted by Gasteiger charge is 2.19. The molecule has 0 amide bonds. The van der Waals surface area contributed by atoms with E-state index in [9.17, 15) is 9.50 Å². The van der Waals surface area contributed by atoms with E-state index in [2.05, 4.69) is 11.8 Å². The third-order valence-corrected chi connectivity index (χ3v) is 3.83. The van der Waals surface area contributed by atoms with Crippen LogP contribution < -0.4 is 4.74 Å². The zero-order valence-corrected chi connectivity index (χ0v) is 12.4. The van der Waals surface area contributed by atoms with Crippen LogP contribution in [0, 0.1) is 11.7 Å². The fraction of sp³-hybridized carbons (Fsp3) is 0.600. The first-order valence-corrected chi connectivity index (χ1v) is 7.40. The molecule has 1 aromatic carbocycles. The lowest BCUT2D eigenvalue weighted by Gasteiger charge is -2.32. The second kappa shape index (κ2) is 7.25. The molecule has 2 rings (SSSR count). The van der Waals surface area contributed by atoms with Crippen LogP contribution >= 0.6 is 11.6 Å². The number of hydrogen-bond acceptors (Lipinski definition) is 3. The first-order valence-electron chi connectivity index (χ1n) is 7.03. The number of aliphatic hydroxyl groups is 1. The van der Waals surface area contributed by atoms with E-state index < -0.39 is 11.9 Å². The summed E-state index contributed by atoms with van der Waals surface area (Å²) in [6, 6.07) is 3.98. The van der Waals surface area contributed by atoms with Gasteiger partial charge >= 0.3 is 0 Å². The molecule has 1 aliphatic rings. The number of halogens is 2. The van der Waals surface area contributed by atoms with E-state index >= 15 is 0 Å². The molecular weight excluding hydrogens is 281 g/mol. The average Bonchev–Trinajstić information content (AvgIpc) is 2.37. The molecule has 1 saturated heterocycles. The van der Waals surface area contributed by atoms with Crippen LogP contribution in [-0.4, -0.2) is 42.4 Å². The minimum atomic E-state index is -0.568. The van der Waals surface area contributed by atoms with Crippen molar-refractivity contribution in [1.29, 1.82) is 0 Å². The number of β-amino-alcohol motifs (C(OH)–C–C–N with tert-alkyl or cyclic N) is 1. The Morgan fingerprint density at radius 1 is 1.55 bits per heavy atom. The summed E-state index contributed by atoms with van der Waals surface area (Å²) in [7, 11) is 0. The summed E-state index contributed by atoms with van der Waals surface area (Å²) >= 11 is 5.87. The Kier molecular flexibility index (Phi) is 5.64. The first-order chi connectivity index (χ1) is 9.54. The first kappa shape index (κ1) is 15.5. The minimum Gasteiger partial charge on any atom is -0.489 e. The van der Waals surface area contributed by atoms with Gasteiger partial charge in [-0.3, -0.25) is 0 Å². The van der Waals surface area contributed by atoms with Gasteiger partial charge in [-0.05, 0) is 43.5 Å². The molecule has 112 valence electrons. The SMILES string of the molecule is C[C@H]1CCCN(C[C@H](O)COc2ccc(F)cc2Cl)C1. The second-order valence-corrected chi connectivity index (χ2v) is 5.95. The summed E-state index contributed by atoms with van der Waals surface area (Å²) in [5.74, 6) is 0.688.